The predicted octanol–water partition coefficient (Wildman–Crippen LogP) is -4.80. The number of nitrogens with zero attached hydrogens (tertiary/aromatic N) is 3. The Morgan fingerprint density at radius 1 is 0.786 bits per heavy atom. The summed E-state index contributed by atoms with van der Waals surface area (Å²) < 4.78 is 145. The number of anilines is 1. The van der Waals surface area contributed by atoms with Gasteiger partial charge in [-0.05, 0) is 81.5 Å². The van der Waals surface area contributed by atoms with Gasteiger partial charge in [-0.2, -0.15) is 21.4 Å². The van der Waals surface area contributed by atoms with Gasteiger partial charge < -0.3 is 23.6 Å². The van der Waals surface area contributed by atoms with Gasteiger partial charge in [0.05, 0.1) is 44.1 Å². The molecule has 2 unspecified atom stereocenters. The van der Waals surface area contributed by atoms with E-state index in [1.54, 1.807) is 61.0 Å². The molecule has 0 aromatic heterocycles. The number of ether oxygens (including phenoxy) is 1. The second-order valence-corrected chi connectivity index (χ2v) is 22.1. The molecule has 1 fully saturated rings. The first-order valence-electron chi connectivity index (χ1n) is 20.5. The SMILES string of the molecule is C.COCCN1C(=CC=CC=CC=CC2=[N+](CCCC(=O)ON3C(=O)CCC3=O)c3ccc(S(=O)(=O)[O-])cc3C2(C)CCCS(=O)(=O)[O-])C(C)(CCCS(=O)(=O)O)c2cc(S(=O)(=O)O)ccc21.[Na+].[Na+].[Na+]. The van der Waals surface area contributed by atoms with Crippen molar-refractivity contribution in [2.24, 2.45) is 0 Å². The van der Waals surface area contributed by atoms with E-state index in [2.05, 4.69) is 0 Å². The molecule has 3 heterocycles. The summed E-state index contributed by atoms with van der Waals surface area (Å²) in [6, 6.07) is 7.83. The fourth-order valence-corrected chi connectivity index (χ4v) is 10.5. The summed E-state index contributed by atoms with van der Waals surface area (Å²) in [5.41, 5.74) is 0.777. The van der Waals surface area contributed by atoms with Crippen molar-refractivity contribution < 1.29 is 169 Å². The van der Waals surface area contributed by atoms with E-state index in [-0.39, 0.29) is 166 Å². The molecule has 0 aliphatic carbocycles. The van der Waals surface area contributed by atoms with E-state index in [4.69, 9.17) is 9.57 Å². The van der Waals surface area contributed by atoms with Crippen LogP contribution in [0.2, 0.25) is 0 Å². The molecule has 20 nitrogen and oxygen atoms in total. The zero-order chi connectivity index (χ0) is 48.9. The average Bonchev–Trinajstić information content (AvgIpc) is 3.73. The molecule has 368 valence electrons. The molecular weight excluding hydrogens is 1030 g/mol. The van der Waals surface area contributed by atoms with Crippen molar-refractivity contribution >= 4 is 75.3 Å². The smallest absolute Gasteiger partial charge is 0.748 e. The molecule has 70 heavy (non-hydrogen) atoms. The molecular formula is C43H54N3Na3O17S4+2. The van der Waals surface area contributed by atoms with Gasteiger partial charge in [0.15, 0.2) is 5.71 Å². The molecule has 5 rings (SSSR count). The first kappa shape index (κ1) is 66.1. The van der Waals surface area contributed by atoms with E-state index in [1.807, 2.05) is 4.90 Å². The van der Waals surface area contributed by atoms with Gasteiger partial charge in [0.25, 0.3) is 32.1 Å². The maximum absolute atomic E-state index is 12.7. The van der Waals surface area contributed by atoms with Crippen LogP contribution in [0.4, 0.5) is 11.4 Å². The van der Waals surface area contributed by atoms with E-state index < -0.39 is 85.5 Å². The third kappa shape index (κ3) is 16.8. The summed E-state index contributed by atoms with van der Waals surface area (Å²) in [6.45, 7) is 4.11. The van der Waals surface area contributed by atoms with Crippen molar-refractivity contribution in [3.8, 4) is 0 Å². The predicted molar refractivity (Wildman–Crippen MR) is 242 cm³/mol. The molecule has 3 aliphatic heterocycles. The van der Waals surface area contributed by atoms with E-state index in [1.165, 1.54) is 37.4 Å². The Hall–Kier alpha value is -1.92. The number of amides is 2. The number of carbonyl (C=O) groups is 3. The van der Waals surface area contributed by atoms with E-state index in [0.717, 1.165) is 6.07 Å². The zero-order valence-electron chi connectivity index (χ0n) is 39.2. The largest absolute Gasteiger partial charge is 1.00 e. The van der Waals surface area contributed by atoms with Crippen LogP contribution in [0, 0.1) is 0 Å². The van der Waals surface area contributed by atoms with Crippen LogP contribution in [0.5, 0.6) is 0 Å². The van der Waals surface area contributed by atoms with Crippen molar-refractivity contribution in [3.05, 3.63) is 95.8 Å². The number of hydroxylamine groups is 2. The summed E-state index contributed by atoms with van der Waals surface area (Å²) in [5, 5.41) is 0.426. The number of carbonyl (C=O) groups excluding carboxylic acids is 3. The van der Waals surface area contributed by atoms with Crippen molar-refractivity contribution in [2.75, 3.05) is 43.2 Å². The van der Waals surface area contributed by atoms with Crippen LogP contribution < -0.4 is 93.6 Å². The van der Waals surface area contributed by atoms with Crippen LogP contribution >= 0.6 is 0 Å². The maximum Gasteiger partial charge on any atom is 1.00 e. The molecule has 2 aromatic carbocycles. The number of hydrogen-bond acceptors (Lipinski definition) is 16. The molecule has 0 saturated carbocycles. The standard InChI is InChI=1S/C42H51N3O17S4.CH4.3Na/c1-41(21-10-26-63(49,50)51)32-28-30(65(55,56)57)15-17-34(32)43(23-9-14-40(48)62-45-38(46)19-20-39(45)47)36(41)12-7-5-4-6-8-13-37-42(2,22-11-27-64(52,53)54)33-29-31(66(58,59)60)16-18-35(33)44(37)24-25-61-3;;;;/h4-8,12-13,15-18,28-29H,9-11,14,19-27H2,1-3H3,(H3-,49,50,51,52,53,54,55,56,57,58,59,60);1H4;;;/q;;3*+1/p-1. The Morgan fingerprint density at radius 2 is 1.36 bits per heavy atom. The van der Waals surface area contributed by atoms with Gasteiger partial charge in [-0.1, -0.05) is 37.8 Å². The number of imide groups is 1. The van der Waals surface area contributed by atoms with Gasteiger partial charge in [0.1, 0.15) is 16.7 Å². The minimum absolute atomic E-state index is 0. The zero-order valence-corrected chi connectivity index (χ0v) is 48.5. The molecule has 3 aliphatic rings. The second-order valence-electron chi connectivity index (χ2n) is 16.2. The monoisotopic (exact) mass is 1080 g/mol. The van der Waals surface area contributed by atoms with Gasteiger partial charge in [-0.3, -0.25) is 18.7 Å². The van der Waals surface area contributed by atoms with Gasteiger partial charge >= 0.3 is 94.6 Å². The van der Waals surface area contributed by atoms with Crippen LogP contribution in [0.25, 0.3) is 0 Å². The Balaban J connectivity index is 0.00000612. The van der Waals surface area contributed by atoms with E-state index in [9.17, 15) is 66.3 Å². The van der Waals surface area contributed by atoms with Crippen LogP contribution in [0.1, 0.15) is 83.8 Å². The molecule has 0 spiro atoms. The van der Waals surface area contributed by atoms with Crippen LogP contribution in [-0.4, -0.2) is 123 Å². The van der Waals surface area contributed by atoms with Crippen molar-refractivity contribution in [1.29, 1.82) is 0 Å². The quantitative estimate of drug-likeness (QED) is 0.0368. The Morgan fingerprint density at radius 3 is 1.94 bits per heavy atom. The van der Waals surface area contributed by atoms with Crippen LogP contribution in [-0.2, 0) is 75.3 Å². The number of methoxy groups -OCH3 is 1. The third-order valence-corrected chi connectivity index (χ3v) is 14.9. The summed E-state index contributed by atoms with van der Waals surface area (Å²) in [5.74, 6) is -3.46. The first-order chi connectivity index (χ1) is 30.7. The topological polar surface area (TPSA) is 302 Å². The Bertz CT molecular complexity index is 2870. The first-order valence-corrected chi connectivity index (χ1v) is 26.5. The van der Waals surface area contributed by atoms with Crippen molar-refractivity contribution in [2.45, 2.75) is 93.3 Å². The summed E-state index contributed by atoms with van der Waals surface area (Å²) >= 11 is 0. The maximum atomic E-state index is 12.7. The molecule has 2 atom stereocenters. The molecule has 0 radical (unpaired) electrons. The van der Waals surface area contributed by atoms with Crippen molar-refractivity contribution in [3.63, 3.8) is 0 Å². The molecule has 2 N–H and O–H groups in total. The fourth-order valence-electron chi connectivity index (χ4n) is 8.45. The summed E-state index contributed by atoms with van der Waals surface area (Å²) in [7, 11) is -17.0. The number of hydrogen-bond donors (Lipinski definition) is 2. The number of rotatable bonds is 22. The van der Waals surface area contributed by atoms with Crippen LogP contribution in [0.3, 0.4) is 0 Å². The number of benzene rings is 2. The van der Waals surface area contributed by atoms with E-state index in [0.29, 0.717) is 45.5 Å². The van der Waals surface area contributed by atoms with Gasteiger partial charge in [-0.15, -0.1) is 5.06 Å². The van der Waals surface area contributed by atoms with Gasteiger partial charge in [0, 0.05) is 73.2 Å². The molecule has 0 bridgehead atoms. The normalized spacial score (nSPS) is 19.9. The molecule has 27 heteroatoms. The minimum Gasteiger partial charge on any atom is -0.748 e. The Labute approximate surface area is 476 Å². The molecule has 2 amide bonds. The average molecular weight is 1080 g/mol. The molecule has 2 aromatic rings. The summed E-state index contributed by atoms with van der Waals surface area (Å²) in [6.07, 6.45) is 11.3. The third-order valence-electron chi connectivity index (χ3n) is 11.6. The minimum atomic E-state index is -4.95. The van der Waals surface area contributed by atoms with Gasteiger partial charge in [-0.25, -0.2) is 21.6 Å². The Kier molecular flexibility index (Phi) is 25.5. The van der Waals surface area contributed by atoms with E-state index >= 15 is 0 Å². The van der Waals surface area contributed by atoms with Crippen LogP contribution in [0.15, 0.2) is 94.4 Å². The van der Waals surface area contributed by atoms with Crippen molar-refractivity contribution in [1.82, 2.24) is 5.06 Å². The fraction of sp³-hybridized carbons (Fsp3) is 0.442. The molecule has 1 saturated heterocycles. The second kappa shape index (κ2) is 27.0. The summed E-state index contributed by atoms with van der Waals surface area (Å²) in [4.78, 5) is 42.6. The van der Waals surface area contributed by atoms with Gasteiger partial charge in [0.2, 0.25) is 5.69 Å². The number of fused-ring (bicyclic) bond motifs is 2. The number of allylic oxidation sites excluding steroid dienone is 8.